The van der Waals surface area contributed by atoms with Crippen molar-refractivity contribution < 1.29 is 14.1 Å². The van der Waals surface area contributed by atoms with E-state index in [1.807, 2.05) is 19.9 Å². The highest BCUT2D eigenvalue weighted by Gasteiger charge is 2.15. The third-order valence-electron chi connectivity index (χ3n) is 4.01. The molecule has 0 aliphatic carbocycles. The van der Waals surface area contributed by atoms with Gasteiger partial charge in [0, 0.05) is 36.3 Å². The van der Waals surface area contributed by atoms with E-state index in [-0.39, 0.29) is 5.91 Å². The minimum atomic E-state index is -0.180. The average molecular weight is 384 g/mol. The van der Waals surface area contributed by atoms with Crippen LogP contribution in [0, 0.1) is 13.8 Å². The van der Waals surface area contributed by atoms with Crippen LogP contribution in [0.25, 0.3) is 0 Å². The van der Waals surface area contributed by atoms with Crippen LogP contribution in [0.3, 0.4) is 0 Å². The number of rotatable bonds is 7. The minimum absolute atomic E-state index is 0.180. The SMILES string of the molecule is COc1ccc(CNC(=O)c2cccnc2SCc2c(C)noc2C)cn1. The van der Waals surface area contributed by atoms with Crippen molar-refractivity contribution in [3.63, 3.8) is 0 Å². The van der Waals surface area contributed by atoms with Gasteiger partial charge in [0.1, 0.15) is 10.8 Å². The molecule has 0 aliphatic rings. The molecule has 0 saturated heterocycles. The van der Waals surface area contributed by atoms with E-state index in [9.17, 15) is 4.79 Å². The predicted octanol–water partition coefficient (Wildman–Crippen LogP) is 3.31. The lowest BCUT2D eigenvalue weighted by Crippen LogP contribution is -2.23. The summed E-state index contributed by atoms with van der Waals surface area (Å²) < 4.78 is 10.2. The number of methoxy groups -OCH3 is 1. The van der Waals surface area contributed by atoms with Gasteiger partial charge in [0.15, 0.2) is 0 Å². The molecule has 1 amide bonds. The number of aromatic nitrogens is 3. The number of thioether (sulfide) groups is 1. The van der Waals surface area contributed by atoms with Gasteiger partial charge >= 0.3 is 0 Å². The Bertz CT molecular complexity index is 905. The van der Waals surface area contributed by atoms with E-state index in [0.29, 0.717) is 28.8 Å². The van der Waals surface area contributed by atoms with Crippen molar-refractivity contribution in [2.75, 3.05) is 7.11 Å². The van der Waals surface area contributed by atoms with E-state index in [2.05, 4.69) is 20.4 Å². The summed E-state index contributed by atoms with van der Waals surface area (Å²) in [5.41, 5.74) is 3.31. The first-order chi connectivity index (χ1) is 13.1. The zero-order chi connectivity index (χ0) is 19.2. The molecule has 0 fully saturated rings. The maximum absolute atomic E-state index is 12.6. The number of carbonyl (C=O) groups is 1. The molecule has 8 heteroatoms. The molecular weight excluding hydrogens is 364 g/mol. The first-order valence-corrected chi connectivity index (χ1v) is 9.33. The molecule has 0 saturated carbocycles. The van der Waals surface area contributed by atoms with Crippen molar-refractivity contribution >= 4 is 17.7 Å². The van der Waals surface area contributed by atoms with E-state index >= 15 is 0 Å². The maximum atomic E-state index is 12.6. The summed E-state index contributed by atoms with van der Waals surface area (Å²) >= 11 is 1.49. The third kappa shape index (κ3) is 4.65. The Morgan fingerprint density at radius 1 is 1.26 bits per heavy atom. The van der Waals surface area contributed by atoms with Crippen LogP contribution in [-0.2, 0) is 12.3 Å². The Labute approximate surface area is 161 Å². The molecule has 0 aromatic carbocycles. The normalized spacial score (nSPS) is 10.6. The Morgan fingerprint density at radius 3 is 2.78 bits per heavy atom. The number of hydrogen-bond donors (Lipinski definition) is 1. The number of pyridine rings is 2. The minimum Gasteiger partial charge on any atom is -0.481 e. The second-order valence-corrected chi connectivity index (χ2v) is 6.80. The molecule has 1 N–H and O–H groups in total. The van der Waals surface area contributed by atoms with Gasteiger partial charge in [-0.05, 0) is 31.5 Å². The highest BCUT2D eigenvalue weighted by atomic mass is 32.2. The highest BCUT2D eigenvalue weighted by molar-refractivity contribution is 7.98. The van der Waals surface area contributed by atoms with E-state index in [1.165, 1.54) is 11.8 Å². The van der Waals surface area contributed by atoms with Crippen molar-refractivity contribution in [2.45, 2.75) is 31.2 Å². The predicted molar refractivity (Wildman–Crippen MR) is 102 cm³/mol. The fourth-order valence-corrected chi connectivity index (χ4v) is 3.59. The lowest BCUT2D eigenvalue weighted by atomic mass is 10.2. The number of nitrogens with zero attached hydrogens (tertiary/aromatic N) is 3. The molecule has 3 heterocycles. The number of amides is 1. The monoisotopic (exact) mass is 384 g/mol. The lowest BCUT2D eigenvalue weighted by Gasteiger charge is -2.09. The topological polar surface area (TPSA) is 90.1 Å². The summed E-state index contributed by atoms with van der Waals surface area (Å²) in [4.78, 5) is 21.1. The molecule has 0 unspecified atom stereocenters. The van der Waals surface area contributed by atoms with E-state index in [0.717, 1.165) is 22.6 Å². The van der Waals surface area contributed by atoms with E-state index < -0.39 is 0 Å². The van der Waals surface area contributed by atoms with Crippen LogP contribution in [0.2, 0.25) is 0 Å². The second-order valence-electron chi connectivity index (χ2n) is 5.84. The van der Waals surface area contributed by atoms with Gasteiger partial charge in [0.2, 0.25) is 5.88 Å². The largest absolute Gasteiger partial charge is 0.481 e. The van der Waals surface area contributed by atoms with E-state index in [1.54, 1.807) is 37.7 Å². The van der Waals surface area contributed by atoms with Crippen LogP contribution in [-0.4, -0.2) is 28.1 Å². The number of nitrogens with one attached hydrogen (secondary N) is 1. The van der Waals surface area contributed by atoms with Crippen LogP contribution >= 0.6 is 11.8 Å². The van der Waals surface area contributed by atoms with E-state index in [4.69, 9.17) is 9.26 Å². The molecular formula is C19H20N4O3S. The summed E-state index contributed by atoms with van der Waals surface area (Å²) in [6.45, 7) is 4.16. The molecule has 0 bridgehead atoms. The Kier molecular flexibility index (Phi) is 6.08. The highest BCUT2D eigenvalue weighted by Crippen LogP contribution is 2.27. The summed E-state index contributed by atoms with van der Waals surface area (Å²) in [5.74, 6) is 1.78. The van der Waals surface area contributed by atoms with Crippen LogP contribution in [0.5, 0.6) is 5.88 Å². The number of carbonyl (C=O) groups excluding carboxylic acids is 1. The van der Waals surface area contributed by atoms with Crippen molar-refractivity contribution in [1.82, 2.24) is 20.4 Å². The molecule has 0 aliphatic heterocycles. The number of ether oxygens (including phenoxy) is 1. The molecule has 0 spiro atoms. The quantitative estimate of drug-likeness (QED) is 0.625. The zero-order valence-corrected chi connectivity index (χ0v) is 16.2. The fraction of sp³-hybridized carbons (Fsp3) is 0.263. The van der Waals surface area contributed by atoms with Crippen molar-refractivity contribution in [3.05, 3.63) is 64.8 Å². The van der Waals surface area contributed by atoms with Crippen molar-refractivity contribution in [1.29, 1.82) is 0 Å². The molecule has 7 nitrogen and oxygen atoms in total. The van der Waals surface area contributed by atoms with Gasteiger partial charge in [-0.1, -0.05) is 11.2 Å². The number of aryl methyl sites for hydroxylation is 2. The van der Waals surface area contributed by atoms with Gasteiger partial charge in [-0.3, -0.25) is 4.79 Å². The zero-order valence-electron chi connectivity index (χ0n) is 15.4. The van der Waals surface area contributed by atoms with Gasteiger partial charge in [0.05, 0.1) is 18.4 Å². The molecule has 3 aromatic heterocycles. The third-order valence-corrected chi connectivity index (χ3v) is 5.04. The van der Waals surface area contributed by atoms with Gasteiger partial charge in [-0.25, -0.2) is 9.97 Å². The van der Waals surface area contributed by atoms with Gasteiger partial charge in [-0.15, -0.1) is 11.8 Å². The average Bonchev–Trinajstić information content (AvgIpc) is 3.02. The van der Waals surface area contributed by atoms with Crippen molar-refractivity contribution in [3.8, 4) is 5.88 Å². The number of hydrogen-bond acceptors (Lipinski definition) is 7. The van der Waals surface area contributed by atoms with Crippen molar-refractivity contribution in [2.24, 2.45) is 0 Å². The first-order valence-electron chi connectivity index (χ1n) is 8.35. The lowest BCUT2D eigenvalue weighted by molar-refractivity contribution is 0.0947. The summed E-state index contributed by atoms with van der Waals surface area (Å²) in [5, 5.41) is 7.53. The van der Waals surface area contributed by atoms with Crippen LogP contribution in [0.4, 0.5) is 0 Å². The Morgan fingerprint density at radius 2 is 2.11 bits per heavy atom. The molecule has 140 valence electrons. The van der Waals surface area contributed by atoms with Crippen LogP contribution < -0.4 is 10.1 Å². The summed E-state index contributed by atoms with van der Waals surface area (Å²) in [7, 11) is 1.56. The second kappa shape index (κ2) is 8.68. The van der Waals surface area contributed by atoms with Gasteiger partial charge < -0.3 is 14.6 Å². The molecule has 3 aromatic rings. The summed E-state index contributed by atoms with van der Waals surface area (Å²) in [6.07, 6.45) is 3.36. The van der Waals surface area contributed by atoms with Gasteiger partial charge in [0.25, 0.3) is 5.91 Å². The standard InChI is InChI=1S/C19H20N4O3S/c1-12-16(13(2)26-23-12)11-27-19-15(5-4-8-20-19)18(24)22-10-14-6-7-17(25-3)21-9-14/h4-9H,10-11H2,1-3H3,(H,22,24). The Hall–Kier alpha value is -2.87. The molecule has 3 rings (SSSR count). The molecule has 0 radical (unpaired) electrons. The van der Waals surface area contributed by atoms with Crippen LogP contribution in [0.1, 0.15) is 32.9 Å². The maximum Gasteiger partial charge on any atom is 0.254 e. The fourth-order valence-electron chi connectivity index (χ4n) is 2.44. The van der Waals surface area contributed by atoms with Gasteiger partial charge in [-0.2, -0.15) is 0 Å². The van der Waals surface area contributed by atoms with Crippen LogP contribution in [0.15, 0.2) is 46.2 Å². The summed E-state index contributed by atoms with van der Waals surface area (Å²) in [6, 6.07) is 7.15. The smallest absolute Gasteiger partial charge is 0.254 e. The first kappa shape index (κ1) is 18.9. The molecule has 0 atom stereocenters. The molecule has 27 heavy (non-hydrogen) atoms. The Balaban J connectivity index is 1.66.